The van der Waals surface area contributed by atoms with E-state index in [-0.39, 0.29) is 17.4 Å². The van der Waals surface area contributed by atoms with Crippen LogP contribution in [-0.4, -0.2) is 46.5 Å². The molecule has 8 heteroatoms. The molecule has 5 aliphatic rings. The lowest BCUT2D eigenvalue weighted by atomic mass is 9.43. The van der Waals surface area contributed by atoms with Crippen LogP contribution in [0, 0.1) is 28.1 Å². The van der Waals surface area contributed by atoms with Gasteiger partial charge in [-0.05, 0) is 92.4 Å². The molecule has 1 aliphatic heterocycles. The van der Waals surface area contributed by atoms with Crippen LogP contribution in [0.4, 0.5) is 5.69 Å². The first kappa shape index (κ1) is 23.1. The Morgan fingerprint density at radius 2 is 1.74 bits per heavy atom. The molecule has 184 valence electrons. The van der Waals surface area contributed by atoms with Gasteiger partial charge in [0.25, 0.3) is 5.91 Å². The second-order valence-electron chi connectivity index (χ2n) is 12.2. The number of piperidine rings is 1. The zero-order valence-electron chi connectivity index (χ0n) is 20.2. The number of rotatable bonds is 4. The van der Waals surface area contributed by atoms with Crippen LogP contribution >= 0.6 is 0 Å². The fourth-order valence-corrected chi connectivity index (χ4v) is 8.37. The van der Waals surface area contributed by atoms with Crippen LogP contribution in [0.15, 0.2) is 24.3 Å². The van der Waals surface area contributed by atoms with Crippen molar-refractivity contribution >= 4 is 23.5 Å². The number of hydrogen-bond donors (Lipinski definition) is 5. The smallest absolute Gasteiger partial charge is 0.253 e. The monoisotopic (exact) mass is 467 g/mol. The van der Waals surface area contributed by atoms with Crippen molar-refractivity contribution in [3.8, 4) is 0 Å². The number of hydroxylamine groups is 1. The number of likely N-dealkylation sites (tertiary alicyclic amines) is 1. The molecule has 5 atom stereocenters. The number of guanidine groups is 1. The molecule has 5 N–H and O–H groups in total. The highest BCUT2D eigenvalue weighted by Gasteiger charge is 2.60. The van der Waals surface area contributed by atoms with Crippen LogP contribution in [0.2, 0.25) is 0 Å². The third kappa shape index (κ3) is 4.40. The average Bonchev–Trinajstić information content (AvgIpc) is 2.75. The molecule has 4 saturated carbocycles. The minimum atomic E-state index is -0.440. The largest absolute Gasteiger partial charge is 0.351 e. The summed E-state index contributed by atoms with van der Waals surface area (Å²) >= 11 is 0. The molecule has 0 aromatic heterocycles. The summed E-state index contributed by atoms with van der Waals surface area (Å²) in [6.07, 6.45) is 8.76. The van der Waals surface area contributed by atoms with Crippen LogP contribution in [0.5, 0.6) is 0 Å². The summed E-state index contributed by atoms with van der Waals surface area (Å²) in [5.41, 5.74) is 3.80. The third-order valence-electron chi connectivity index (χ3n) is 8.61. The lowest BCUT2D eigenvalue weighted by Crippen LogP contribution is -2.65. The summed E-state index contributed by atoms with van der Waals surface area (Å²) < 4.78 is 0. The Kier molecular flexibility index (Phi) is 5.62. The molecule has 34 heavy (non-hydrogen) atoms. The molecule has 8 nitrogen and oxygen atoms in total. The molecule has 1 aromatic carbocycles. The molecule has 0 spiro atoms. The van der Waals surface area contributed by atoms with Gasteiger partial charge in [0, 0.05) is 29.9 Å². The second kappa shape index (κ2) is 8.26. The molecule has 2 unspecified atom stereocenters. The first-order valence-electron chi connectivity index (χ1n) is 12.6. The van der Waals surface area contributed by atoms with Crippen molar-refractivity contribution in [1.82, 2.24) is 15.7 Å². The minimum Gasteiger partial charge on any atom is -0.351 e. The van der Waals surface area contributed by atoms with Crippen LogP contribution in [-0.2, 0) is 4.79 Å². The quantitative estimate of drug-likeness (QED) is 0.200. The van der Waals surface area contributed by atoms with Crippen LogP contribution in [0.3, 0.4) is 0 Å². The SMILES string of the molecule is C[C@]12CC3CC(NC(=N)Nc4ccc(C(=O)N5CCC[C@H](C(=O)NO)C5)cc4)(C1)C[C@@](C)(C3)C2. The topological polar surface area (TPSA) is 118 Å². The normalized spacial score (nSPS) is 36.1. The average molecular weight is 468 g/mol. The number of carbonyl (C=O) groups is 2. The molecule has 1 heterocycles. The van der Waals surface area contributed by atoms with Crippen molar-refractivity contribution in [3.63, 3.8) is 0 Å². The highest BCUT2D eigenvalue weighted by Crippen LogP contribution is 2.66. The summed E-state index contributed by atoms with van der Waals surface area (Å²) in [5, 5.41) is 24.3. The van der Waals surface area contributed by atoms with Crippen molar-refractivity contribution in [2.24, 2.45) is 22.7 Å². The van der Waals surface area contributed by atoms with Gasteiger partial charge in [0.05, 0.1) is 5.92 Å². The van der Waals surface area contributed by atoms with E-state index in [4.69, 9.17) is 10.6 Å². The molecule has 4 bridgehead atoms. The zero-order valence-corrected chi connectivity index (χ0v) is 20.2. The standard InChI is InChI=1S/C26H37N5O3/c1-24-10-17-11-25(2,14-24)16-26(12-17,15-24)29-23(27)28-20-7-5-18(6-8-20)22(33)31-9-3-4-19(13-31)21(32)30-34/h5-8,17,19,34H,3-4,9-16H2,1-2H3,(H,30,32)(H3,27,28,29)/t17?,19-,24-,25+,26?/m0/s1. The van der Waals surface area contributed by atoms with Crippen molar-refractivity contribution in [3.05, 3.63) is 29.8 Å². The van der Waals surface area contributed by atoms with E-state index in [9.17, 15) is 9.59 Å². The number of carbonyl (C=O) groups excluding carboxylic acids is 2. The fourth-order valence-electron chi connectivity index (χ4n) is 8.37. The van der Waals surface area contributed by atoms with E-state index in [2.05, 4.69) is 24.5 Å². The van der Waals surface area contributed by atoms with E-state index in [1.807, 2.05) is 12.1 Å². The number of amides is 2. The first-order valence-corrected chi connectivity index (χ1v) is 12.6. The predicted molar refractivity (Wildman–Crippen MR) is 130 cm³/mol. The van der Waals surface area contributed by atoms with E-state index < -0.39 is 5.91 Å². The van der Waals surface area contributed by atoms with Gasteiger partial charge < -0.3 is 15.5 Å². The maximum absolute atomic E-state index is 12.9. The maximum atomic E-state index is 12.9. The van der Waals surface area contributed by atoms with E-state index in [1.165, 1.54) is 19.3 Å². The van der Waals surface area contributed by atoms with Crippen LogP contribution in [0.25, 0.3) is 0 Å². The number of hydrogen-bond acceptors (Lipinski definition) is 4. The number of anilines is 1. The van der Waals surface area contributed by atoms with Crippen molar-refractivity contribution in [2.75, 3.05) is 18.4 Å². The molecule has 6 rings (SSSR count). The van der Waals surface area contributed by atoms with Crippen molar-refractivity contribution in [1.29, 1.82) is 5.41 Å². The Balaban J connectivity index is 1.20. The highest BCUT2D eigenvalue weighted by atomic mass is 16.5. The Labute approximate surface area is 201 Å². The molecular weight excluding hydrogens is 430 g/mol. The third-order valence-corrected chi connectivity index (χ3v) is 8.61. The number of nitrogens with zero attached hydrogens (tertiary/aromatic N) is 1. The Morgan fingerprint density at radius 3 is 2.35 bits per heavy atom. The van der Waals surface area contributed by atoms with E-state index >= 15 is 0 Å². The number of benzene rings is 1. The highest BCUT2D eigenvalue weighted by molar-refractivity contribution is 5.96. The summed E-state index contributed by atoms with van der Waals surface area (Å²) in [6.45, 7) is 5.77. The van der Waals surface area contributed by atoms with Gasteiger partial charge in [0.2, 0.25) is 5.91 Å². The maximum Gasteiger partial charge on any atom is 0.253 e. The lowest BCUT2D eigenvalue weighted by molar-refractivity contribution is -0.134. The number of nitrogens with one attached hydrogen (secondary N) is 4. The van der Waals surface area contributed by atoms with E-state index in [0.29, 0.717) is 41.9 Å². The summed E-state index contributed by atoms with van der Waals surface area (Å²) in [5.74, 6) is 0.136. The van der Waals surface area contributed by atoms with Gasteiger partial charge in [-0.25, -0.2) is 5.48 Å². The summed E-state index contributed by atoms with van der Waals surface area (Å²) in [7, 11) is 0. The second-order valence-corrected chi connectivity index (χ2v) is 12.2. The van der Waals surface area contributed by atoms with Gasteiger partial charge in [-0.1, -0.05) is 13.8 Å². The van der Waals surface area contributed by atoms with Crippen molar-refractivity contribution in [2.45, 2.75) is 70.8 Å². The lowest BCUT2D eigenvalue weighted by Gasteiger charge is -2.65. The van der Waals surface area contributed by atoms with Gasteiger partial charge in [-0.15, -0.1) is 0 Å². The fraction of sp³-hybridized carbons (Fsp3) is 0.654. The summed E-state index contributed by atoms with van der Waals surface area (Å²) in [4.78, 5) is 26.3. The van der Waals surface area contributed by atoms with Gasteiger partial charge in [0.1, 0.15) is 0 Å². The predicted octanol–water partition coefficient (Wildman–Crippen LogP) is 3.73. The van der Waals surface area contributed by atoms with Crippen LogP contribution in [0.1, 0.15) is 75.6 Å². The Bertz CT molecular complexity index is 975. The van der Waals surface area contributed by atoms with E-state index in [1.54, 1.807) is 22.5 Å². The molecule has 1 saturated heterocycles. The van der Waals surface area contributed by atoms with Crippen molar-refractivity contribution < 1.29 is 14.8 Å². The summed E-state index contributed by atoms with van der Waals surface area (Å²) in [6, 6.07) is 7.18. The molecule has 1 aromatic rings. The molecule has 4 aliphatic carbocycles. The molecule has 0 radical (unpaired) electrons. The minimum absolute atomic E-state index is 0.00850. The Hall–Kier alpha value is -2.61. The van der Waals surface area contributed by atoms with Gasteiger partial charge >= 0.3 is 0 Å². The van der Waals surface area contributed by atoms with Gasteiger partial charge in [-0.2, -0.15) is 0 Å². The van der Waals surface area contributed by atoms with Gasteiger partial charge in [-0.3, -0.25) is 20.2 Å². The van der Waals surface area contributed by atoms with Crippen LogP contribution < -0.4 is 16.1 Å². The molecule has 5 fully saturated rings. The first-order chi connectivity index (χ1) is 16.1. The van der Waals surface area contributed by atoms with Gasteiger partial charge in [0.15, 0.2) is 5.96 Å². The Morgan fingerprint density at radius 1 is 1.06 bits per heavy atom. The molecule has 2 amide bonds. The molecular formula is C26H37N5O3. The zero-order chi connectivity index (χ0) is 24.1. The van der Waals surface area contributed by atoms with E-state index in [0.717, 1.165) is 37.3 Å².